The first kappa shape index (κ1) is 21.2. The van der Waals surface area contributed by atoms with E-state index in [1.54, 1.807) is 49.4 Å². The Balaban J connectivity index is 2.01. The normalized spacial score (nSPS) is 16.2. The fraction of sp³-hybridized carbons (Fsp3) is 0.136. The summed E-state index contributed by atoms with van der Waals surface area (Å²) in [6, 6.07) is 15.9. The number of nitrogens with zero attached hydrogens (tertiary/aromatic N) is 1. The Morgan fingerprint density at radius 1 is 1.10 bits per heavy atom. The molecule has 7 nitrogen and oxygen atoms in total. The molecule has 0 saturated heterocycles. The van der Waals surface area contributed by atoms with Gasteiger partial charge in [-0.1, -0.05) is 48.2 Å². The number of carbonyl (C=O) groups is 2. The van der Waals surface area contributed by atoms with Crippen LogP contribution >= 0.6 is 11.8 Å². The molecule has 0 fully saturated rings. The molecule has 154 valence electrons. The molecule has 0 radical (unpaired) electrons. The predicted octanol–water partition coefficient (Wildman–Crippen LogP) is 4.34. The van der Waals surface area contributed by atoms with Crippen LogP contribution in [0.1, 0.15) is 12.5 Å². The van der Waals surface area contributed by atoms with Crippen molar-refractivity contribution in [2.24, 2.45) is 4.99 Å². The number of para-hydroxylation sites is 2. The molecule has 0 amide bonds. The molecule has 1 aliphatic rings. The van der Waals surface area contributed by atoms with Crippen LogP contribution in [0.4, 0.5) is 5.69 Å². The molecule has 0 aliphatic carbocycles. The van der Waals surface area contributed by atoms with Crippen molar-refractivity contribution in [3.05, 3.63) is 76.4 Å². The van der Waals surface area contributed by atoms with E-state index in [0.29, 0.717) is 26.9 Å². The highest BCUT2D eigenvalue weighted by Gasteiger charge is 2.33. The lowest BCUT2D eigenvalue weighted by molar-refractivity contribution is -0.139. The molecule has 0 spiro atoms. The monoisotopic (exact) mass is 425 g/mol. The van der Waals surface area contributed by atoms with Gasteiger partial charge in [0, 0.05) is 5.56 Å². The van der Waals surface area contributed by atoms with Crippen LogP contribution in [0.2, 0.25) is 0 Å². The number of hydrogen-bond donors (Lipinski definition) is 2. The van der Waals surface area contributed by atoms with E-state index in [1.165, 1.54) is 0 Å². The standard InChI is InChI=1S/C22H19NO6S/c1-2-28-22(27)19-20(26)17(30-21(19)23-15-9-4-3-5-10-15)12-14-8-6-7-11-16(14)29-13-18(24)25/h3-12,26H,2,13H2,1H3,(H,24,25)/b17-12-,23-21?. The Hall–Kier alpha value is -3.52. The summed E-state index contributed by atoms with van der Waals surface area (Å²) in [6.07, 6.45) is 1.62. The molecule has 30 heavy (non-hydrogen) atoms. The lowest BCUT2D eigenvalue weighted by Gasteiger charge is -2.07. The Labute approximate surface area is 177 Å². The van der Waals surface area contributed by atoms with E-state index in [0.717, 1.165) is 11.8 Å². The Morgan fingerprint density at radius 3 is 2.50 bits per heavy atom. The van der Waals surface area contributed by atoms with Gasteiger partial charge in [0.15, 0.2) is 6.61 Å². The van der Waals surface area contributed by atoms with Crippen LogP contribution < -0.4 is 4.74 Å². The zero-order chi connectivity index (χ0) is 21.5. The van der Waals surface area contributed by atoms with Crippen LogP contribution in [0.25, 0.3) is 6.08 Å². The summed E-state index contributed by atoms with van der Waals surface area (Å²) in [6.45, 7) is 1.34. The van der Waals surface area contributed by atoms with Gasteiger partial charge < -0.3 is 19.7 Å². The molecule has 0 bridgehead atoms. The van der Waals surface area contributed by atoms with Crippen LogP contribution in [0.5, 0.6) is 5.75 Å². The maximum Gasteiger partial charge on any atom is 0.344 e. The molecule has 0 atom stereocenters. The minimum atomic E-state index is -1.10. The molecule has 1 heterocycles. The summed E-state index contributed by atoms with van der Waals surface area (Å²) < 4.78 is 10.4. The van der Waals surface area contributed by atoms with E-state index in [1.807, 2.05) is 18.2 Å². The summed E-state index contributed by atoms with van der Waals surface area (Å²) in [4.78, 5) is 28.1. The summed E-state index contributed by atoms with van der Waals surface area (Å²) in [5, 5.41) is 19.9. The second-order valence-electron chi connectivity index (χ2n) is 6.03. The molecule has 0 saturated carbocycles. The lowest BCUT2D eigenvalue weighted by atomic mass is 10.1. The summed E-state index contributed by atoms with van der Waals surface area (Å²) in [5.74, 6) is -1.68. The molecule has 2 aromatic carbocycles. The highest BCUT2D eigenvalue weighted by molar-refractivity contribution is 8.18. The molecular formula is C22H19NO6S. The van der Waals surface area contributed by atoms with Crippen molar-refractivity contribution in [1.29, 1.82) is 0 Å². The molecule has 8 heteroatoms. The van der Waals surface area contributed by atoms with E-state index < -0.39 is 18.5 Å². The Morgan fingerprint density at radius 2 is 1.80 bits per heavy atom. The average molecular weight is 425 g/mol. The quantitative estimate of drug-likeness (QED) is 0.636. The fourth-order valence-corrected chi connectivity index (χ4v) is 3.65. The second kappa shape index (κ2) is 9.80. The van der Waals surface area contributed by atoms with Crippen molar-refractivity contribution in [3.8, 4) is 5.75 Å². The Kier molecular flexibility index (Phi) is 6.92. The minimum Gasteiger partial charge on any atom is -0.506 e. The zero-order valence-electron chi connectivity index (χ0n) is 16.1. The second-order valence-corrected chi connectivity index (χ2v) is 7.06. The first-order valence-corrected chi connectivity index (χ1v) is 9.89. The van der Waals surface area contributed by atoms with Crippen molar-refractivity contribution in [1.82, 2.24) is 0 Å². The number of carboxylic acids is 1. The largest absolute Gasteiger partial charge is 0.506 e. The van der Waals surface area contributed by atoms with E-state index in [2.05, 4.69) is 4.99 Å². The number of benzene rings is 2. The summed E-state index contributed by atoms with van der Waals surface area (Å²) >= 11 is 1.12. The van der Waals surface area contributed by atoms with Gasteiger partial charge in [-0.15, -0.1) is 0 Å². The van der Waals surface area contributed by atoms with Crippen molar-refractivity contribution in [2.45, 2.75) is 6.92 Å². The van der Waals surface area contributed by atoms with Gasteiger partial charge in [-0.05, 0) is 31.2 Å². The average Bonchev–Trinajstić information content (AvgIpc) is 3.03. The number of aliphatic hydroxyl groups is 1. The molecule has 3 rings (SSSR count). The first-order valence-electron chi connectivity index (χ1n) is 9.07. The van der Waals surface area contributed by atoms with Crippen LogP contribution in [-0.4, -0.2) is 40.4 Å². The molecule has 0 aromatic heterocycles. The van der Waals surface area contributed by atoms with Gasteiger partial charge in [-0.25, -0.2) is 14.6 Å². The highest BCUT2D eigenvalue weighted by atomic mass is 32.2. The lowest BCUT2D eigenvalue weighted by Crippen LogP contribution is -2.12. The van der Waals surface area contributed by atoms with Gasteiger partial charge in [0.05, 0.1) is 17.2 Å². The molecule has 0 unspecified atom stereocenters. The summed E-state index contributed by atoms with van der Waals surface area (Å²) in [5.41, 5.74) is 1.17. The number of carboxylic acid groups (broad SMARTS) is 1. The first-order chi connectivity index (χ1) is 14.5. The van der Waals surface area contributed by atoms with Crippen LogP contribution in [-0.2, 0) is 14.3 Å². The number of thioether (sulfide) groups is 1. The molecule has 2 N–H and O–H groups in total. The maximum atomic E-state index is 12.4. The van der Waals surface area contributed by atoms with Gasteiger partial charge in [-0.3, -0.25) is 0 Å². The van der Waals surface area contributed by atoms with E-state index in [9.17, 15) is 14.7 Å². The van der Waals surface area contributed by atoms with Crippen molar-refractivity contribution >= 4 is 40.5 Å². The van der Waals surface area contributed by atoms with Gasteiger partial charge in [0.2, 0.25) is 0 Å². The van der Waals surface area contributed by atoms with Crippen LogP contribution in [0, 0.1) is 0 Å². The van der Waals surface area contributed by atoms with Gasteiger partial charge in [0.25, 0.3) is 0 Å². The van der Waals surface area contributed by atoms with Crippen molar-refractivity contribution < 1.29 is 29.3 Å². The number of esters is 1. The third-order valence-corrected chi connectivity index (χ3v) is 4.93. The van der Waals surface area contributed by atoms with Crippen molar-refractivity contribution in [2.75, 3.05) is 13.2 Å². The zero-order valence-corrected chi connectivity index (χ0v) is 16.9. The third-order valence-electron chi connectivity index (χ3n) is 3.91. The molecule has 2 aromatic rings. The van der Waals surface area contributed by atoms with E-state index >= 15 is 0 Å². The number of hydrogen-bond acceptors (Lipinski definition) is 7. The van der Waals surface area contributed by atoms with Crippen LogP contribution in [0.15, 0.2) is 75.8 Å². The number of rotatable bonds is 7. The fourth-order valence-electron chi connectivity index (χ4n) is 2.62. The number of aliphatic imine (C=N–C) groups is 1. The van der Waals surface area contributed by atoms with Crippen LogP contribution in [0.3, 0.4) is 0 Å². The number of carbonyl (C=O) groups excluding carboxylic acids is 1. The predicted molar refractivity (Wildman–Crippen MR) is 115 cm³/mol. The smallest absolute Gasteiger partial charge is 0.344 e. The Bertz CT molecular complexity index is 1040. The van der Waals surface area contributed by atoms with Gasteiger partial charge in [-0.2, -0.15) is 0 Å². The molecular weight excluding hydrogens is 406 g/mol. The third kappa shape index (κ3) is 5.09. The minimum absolute atomic E-state index is 0.0131. The molecule has 1 aliphatic heterocycles. The highest BCUT2D eigenvalue weighted by Crippen LogP contribution is 2.41. The number of ether oxygens (including phenoxy) is 2. The van der Waals surface area contributed by atoms with Crippen molar-refractivity contribution in [3.63, 3.8) is 0 Å². The van der Waals surface area contributed by atoms with Gasteiger partial charge >= 0.3 is 11.9 Å². The van der Waals surface area contributed by atoms with E-state index in [4.69, 9.17) is 14.6 Å². The topological polar surface area (TPSA) is 105 Å². The SMILES string of the molecule is CCOC(=O)C1=C(O)/C(=C/c2ccccc2OCC(=O)O)SC1=Nc1ccccc1. The summed E-state index contributed by atoms with van der Waals surface area (Å²) in [7, 11) is 0. The van der Waals surface area contributed by atoms with Gasteiger partial charge in [0.1, 0.15) is 22.1 Å². The maximum absolute atomic E-state index is 12.4. The van der Waals surface area contributed by atoms with E-state index in [-0.39, 0.29) is 17.9 Å². The number of aliphatic hydroxyl groups excluding tert-OH is 1. The number of aliphatic carboxylic acids is 1.